The highest BCUT2D eigenvalue weighted by Crippen LogP contribution is 2.27. The molecule has 14 heavy (non-hydrogen) atoms. The lowest BCUT2D eigenvalue weighted by molar-refractivity contribution is -0.114. The summed E-state index contributed by atoms with van der Waals surface area (Å²) in [7, 11) is 0. The fourth-order valence-electron chi connectivity index (χ4n) is 2.34. The second-order valence-electron chi connectivity index (χ2n) is 4.21. The largest absolute Gasteiger partial charge is 0.396 e. The number of hydrogen-bond donors (Lipinski definition) is 1. The lowest BCUT2D eigenvalue weighted by atomic mass is 10.1. The number of carbonyl (C=O) groups excluding carboxylic acids is 1. The number of carbonyl (C=O) groups is 1. The maximum atomic E-state index is 11.1. The van der Waals surface area contributed by atoms with E-state index in [0.717, 1.165) is 32.4 Å². The van der Waals surface area contributed by atoms with Crippen LogP contribution in [-0.4, -0.2) is 35.5 Å². The van der Waals surface area contributed by atoms with Crippen LogP contribution >= 0.6 is 0 Å². The van der Waals surface area contributed by atoms with Crippen LogP contribution in [0, 0.1) is 5.92 Å². The maximum absolute atomic E-state index is 11.1. The summed E-state index contributed by atoms with van der Waals surface area (Å²) in [6, 6.07) is 0. The number of hydrogen-bond acceptors (Lipinski definition) is 3. The minimum Gasteiger partial charge on any atom is -0.396 e. The van der Waals surface area contributed by atoms with E-state index in [9.17, 15) is 4.79 Å². The smallest absolute Gasteiger partial charge is 0.157 e. The average molecular weight is 195 g/mol. The van der Waals surface area contributed by atoms with Crippen LogP contribution in [0.5, 0.6) is 0 Å². The number of ketones is 1. The average Bonchev–Trinajstić information content (AvgIpc) is 2.74. The molecule has 1 atom stereocenters. The molecule has 1 unspecified atom stereocenters. The van der Waals surface area contributed by atoms with Crippen molar-refractivity contribution in [1.82, 2.24) is 4.90 Å². The molecule has 1 aliphatic carbocycles. The van der Waals surface area contributed by atoms with Gasteiger partial charge < -0.3 is 10.0 Å². The molecule has 0 aromatic carbocycles. The molecule has 0 spiro atoms. The zero-order valence-corrected chi connectivity index (χ0v) is 8.41. The monoisotopic (exact) mass is 195 g/mol. The third-order valence-corrected chi connectivity index (χ3v) is 3.18. The van der Waals surface area contributed by atoms with Crippen molar-refractivity contribution in [2.75, 3.05) is 19.7 Å². The van der Waals surface area contributed by atoms with Crippen LogP contribution in [0.25, 0.3) is 0 Å². The zero-order chi connectivity index (χ0) is 9.97. The lowest BCUT2D eigenvalue weighted by Crippen LogP contribution is -2.19. The van der Waals surface area contributed by atoms with E-state index in [4.69, 9.17) is 5.11 Å². The molecule has 78 valence electrons. The van der Waals surface area contributed by atoms with Crippen molar-refractivity contribution >= 4 is 5.78 Å². The molecular formula is C11H17NO2. The molecule has 0 amide bonds. The molecule has 3 heteroatoms. The maximum Gasteiger partial charge on any atom is 0.157 e. The summed E-state index contributed by atoms with van der Waals surface area (Å²) in [6.45, 7) is 2.37. The molecule has 1 heterocycles. The Morgan fingerprint density at radius 1 is 1.50 bits per heavy atom. The molecule has 0 radical (unpaired) electrons. The second kappa shape index (κ2) is 4.13. The van der Waals surface area contributed by atoms with Gasteiger partial charge in [-0.15, -0.1) is 0 Å². The van der Waals surface area contributed by atoms with E-state index < -0.39 is 0 Å². The first-order valence-corrected chi connectivity index (χ1v) is 5.39. The van der Waals surface area contributed by atoms with Crippen molar-refractivity contribution in [2.45, 2.75) is 25.7 Å². The number of rotatable bonds is 3. The van der Waals surface area contributed by atoms with E-state index in [-0.39, 0.29) is 12.4 Å². The van der Waals surface area contributed by atoms with Crippen molar-refractivity contribution in [2.24, 2.45) is 5.92 Å². The van der Waals surface area contributed by atoms with Crippen LogP contribution in [-0.2, 0) is 4.79 Å². The lowest BCUT2D eigenvalue weighted by Gasteiger charge is -2.19. The van der Waals surface area contributed by atoms with Gasteiger partial charge in [0.2, 0.25) is 0 Å². The van der Waals surface area contributed by atoms with Gasteiger partial charge in [-0.2, -0.15) is 0 Å². The Bertz CT molecular complexity index is 260. The first-order valence-electron chi connectivity index (χ1n) is 5.39. The van der Waals surface area contributed by atoms with E-state index in [0.29, 0.717) is 12.3 Å². The summed E-state index contributed by atoms with van der Waals surface area (Å²) < 4.78 is 0. The first-order chi connectivity index (χ1) is 6.79. The zero-order valence-electron chi connectivity index (χ0n) is 8.41. The van der Waals surface area contributed by atoms with Gasteiger partial charge in [0.1, 0.15) is 0 Å². The molecule has 0 aromatic rings. The van der Waals surface area contributed by atoms with E-state index in [1.54, 1.807) is 6.08 Å². The van der Waals surface area contributed by atoms with Crippen LogP contribution < -0.4 is 0 Å². The van der Waals surface area contributed by atoms with Crippen LogP contribution in [0.15, 0.2) is 11.8 Å². The number of aliphatic hydroxyl groups excluding tert-OH is 1. The SMILES string of the molecule is O=C1C=C(N2CCC(CCO)C2)CC1. The highest BCUT2D eigenvalue weighted by atomic mass is 16.3. The summed E-state index contributed by atoms with van der Waals surface area (Å²) in [6.07, 6.45) is 5.46. The molecule has 1 fully saturated rings. The molecule has 3 nitrogen and oxygen atoms in total. The van der Waals surface area contributed by atoms with Gasteiger partial charge in [-0.1, -0.05) is 0 Å². The summed E-state index contributed by atoms with van der Waals surface area (Å²) in [5.74, 6) is 0.891. The fourth-order valence-corrected chi connectivity index (χ4v) is 2.34. The van der Waals surface area contributed by atoms with Crippen LogP contribution in [0.2, 0.25) is 0 Å². The second-order valence-corrected chi connectivity index (χ2v) is 4.21. The molecule has 2 rings (SSSR count). The standard InChI is InChI=1S/C11H17NO2/c13-6-4-9-3-5-12(8-9)10-1-2-11(14)7-10/h7,9,13H,1-6,8H2. The molecule has 0 saturated carbocycles. The summed E-state index contributed by atoms with van der Waals surface area (Å²) in [5, 5.41) is 8.83. The number of allylic oxidation sites excluding steroid dienone is 2. The third kappa shape index (κ3) is 1.98. The quantitative estimate of drug-likeness (QED) is 0.728. The van der Waals surface area contributed by atoms with Gasteiger partial charge in [-0.3, -0.25) is 4.79 Å². The van der Waals surface area contributed by atoms with Crippen LogP contribution in [0.3, 0.4) is 0 Å². The Morgan fingerprint density at radius 2 is 2.36 bits per heavy atom. The Balaban J connectivity index is 1.89. The summed E-state index contributed by atoms with van der Waals surface area (Å²) in [5.41, 5.74) is 1.22. The Morgan fingerprint density at radius 3 is 3.00 bits per heavy atom. The van der Waals surface area contributed by atoms with Crippen LogP contribution in [0.1, 0.15) is 25.7 Å². The van der Waals surface area contributed by atoms with Crippen molar-refractivity contribution in [1.29, 1.82) is 0 Å². The molecule has 1 saturated heterocycles. The van der Waals surface area contributed by atoms with Crippen LogP contribution in [0.4, 0.5) is 0 Å². The van der Waals surface area contributed by atoms with Crippen molar-refractivity contribution in [3.05, 3.63) is 11.8 Å². The minimum atomic E-state index is 0.269. The van der Waals surface area contributed by atoms with E-state index in [2.05, 4.69) is 4.90 Å². The Hall–Kier alpha value is -0.830. The third-order valence-electron chi connectivity index (χ3n) is 3.18. The van der Waals surface area contributed by atoms with Gasteiger partial charge >= 0.3 is 0 Å². The summed E-state index contributed by atoms with van der Waals surface area (Å²) in [4.78, 5) is 13.4. The molecule has 0 aromatic heterocycles. The number of nitrogens with zero attached hydrogens (tertiary/aromatic N) is 1. The van der Waals surface area contributed by atoms with Gasteiger partial charge in [-0.25, -0.2) is 0 Å². The van der Waals surface area contributed by atoms with E-state index in [1.807, 2.05) is 0 Å². The van der Waals surface area contributed by atoms with Gasteiger partial charge in [0.05, 0.1) is 0 Å². The van der Waals surface area contributed by atoms with Crippen molar-refractivity contribution < 1.29 is 9.90 Å². The Labute approximate surface area is 84.4 Å². The van der Waals surface area contributed by atoms with Crippen molar-refractivity contribution in [3.8, 4) is 0 Å². The molecule has 1 aliphatic heterocycles. The minimum absolute atomic E-state index is 0.269. The molecule has 2 aliphatic rings. The van der Waals surface area contributed by atoms with Gasteiger partial charge in [0.15, 0.2) is 5.78 Å². The number of likely N-dealkylation sites (tertiary alicyclic amines) is 1. The highest BCUT2D eigenvalue weighted by molar-refractivity contribution is 5.92. The predicted octanol–water partition coefficient (Wildman–Crippen LogP) is 0.938. The first kappa shape index (κ1) is 9.71. The van der Waals surface area contributed by atoms with Gasteiger partial charge in [0, 0.05) is 37.9 Å². The van der Waals surface area contributed by atoms with Gasteiger partial charge in [-0.05, 0) is 25.2 Å². The highest BCUT2D eigenvalue weighted by Gasteiger charge is 2.25. The molecular weight excluding hydrogens is 178 g/mol. The van der Waals surface area contributed by atoms with Gasteiger partial charge in [0.25, 0.3) is 0 Å². The topological polar surface area (TPSA) is 40.5 Å². The predicted molar refractivity (Wildman–Crippen MR) is 53.7 cm³/mol. The molecule has 0 bridgehead atoms. The van der Waals surface area contributed by atoms with E-state index >= 15 is 0 Å². The summed E-state index contributed by atoms with van der Waals surface area (Å²) >= 11 is 0. The molecule has 1 N–H and O–H groups in total. The van der Waals surface area contributed by atoms with E-state index in [1.165, 1.54) is 5.70 Å². The van der Waals surface area contributed by atoms with Crippen molar-refractivity contribution in [3.63, 3.8) is 0 Å². The number of aliphatic hydroxyl groups is 1. The Kier molecular flexibility index (Phi) is 2.87. The normalized spacial score (nSPS) is 27.2. The fraction of sp³-hybridized carbons (Fsp3) is 0.727.